The number of piperazine rings is 1. The molecule has 1 fully saturated rings. The van der Waals surface area contributed by atoms with Gasteiger partial charge in [-0.15, -0.1) is 0 Å². The number of nitrogens with one attached hydrogen (secondary N) is 2. The fraction of sp³-hybridized carbons (Fsp3) is 0.294. The first kappa shape index (κ1) is 13.9. The van der Waals surface area contributed by atoms with E-state index in [1.165, 1.54) is 0 Å². The molecule has 1 aliphatic rings. The molecule has 0 saturated carbocycles. The molecule has 4 nitrogen and oxygen atoms in total. The van der Waals surface area contributed by atoms with E-state index in [9.17, 15) is 0 Å². The van der Waals surface area contributed by atoms with Crippen LogP contribution in [0.1, 0.15) is 0 Å². The summed E-state index contributed by atoms with van der Waals surface area (Å²) in [6.45, 7) is 4.34. The number of hydrogen-bond donors (Lipinski definition) is 2. The van der Waals surface area contributed by atoms with E-state index in [1.807, 2.05) is 18.2 Å². The van der Waals surface area contributed by atoms with Crippen molar-refractivity contribution in [1.29, 1.82) is 0 Å². The van der Waals surface area contributed by atoms with Crippen LogP contribution >= 0.6 is 0 Å². The number of hydrazine groups is 1. The Bertz CT molecular complexity index is 545. The third-order valence-corrected chi connectivity index (χ3v) is 3.74. The molecule has 0 radical (unpaired) electrons. The van der Waals surface area contributed by atoms with E-state index in [1.54, 1.807) is 0 Å². The number of hydrogen-bond acceptors (Lipinski definition) is 4. The molecule has 1 heterocycles. The van der Waals surface area contributed by atoms with Gasteiger partial charge in [0.25, 0.3) is 0 Å². The summed E-state index contributed by atoms with van der Waals surface area (Å²) in [6, 6.07) is 18.7. The molecule has 2 N–H and O–H groups in total. The van der Waals surface area contributed by atoms with Gasteiger partial charge in [0.1, 0.15) is 0 Å². The summed E-state index contributed by atoms with van der Waals surface area (Å²) >= 11 is 0. The molecule has 21 heavy (non-hydrogen) atoms. The topological polar surface area (TPSA) is 30.5 Å². The van der Waals surface area contributed by atoms with E-state index in [0.717, 1.165) is 43.2 Å². The highest BCUT2D eigenvalue weighted by atomic mass is 15.5. The molecule has 0 unspecified atom stereocenters. The highest BCUT2D eigenvalue weighted by Crippen LogP contribution is 2.19. The first-order chi connectivity index (χ1) is 10.3. The van der Waals surface area contributed by atoms with Crippen molar-refractivity contribution in [3.8, 4) is 0 Å². The number of para-hydroxylation sites is 1. The number of likely N-dealkylation sites (N-methyl/N-ethyl adjacent to an activating group) is 1. The maximum absolute atomic E-state index is 3.47. The molecule has 0 amide bonds. The molecule has 3 rings (SSSR count). The fourth-order valence-electron chi connectivity index (χ4n) is 2.42. The fourth-order valence-corrected chi connectivity index (χ4v) is 2.42. The number of nitrogens with zero attached hydrogens (tertiary/aromatic N) is 2. The monoisotopic (exact) mass is 282 g/mol. The number of anilines is 3. The molecular weight excluding hydrogens is 260 g/mol. The zero-order chi connectivity index (χ0) is 14.5. The predicted molar refractivity (Wildman–Crippen MR) is 88.9 cm³/mol. The van der Waals surface area contributed by atoms with Crippen molar-refractivity contribution in [3.05, 3.63) is 54.6 Å². The summed E-state index contributed by atoms with van der Waals surface area (Å²) in [5.74, 6) is 0. The molecule has 2 aromatic carbocycles. The van der Waals surface area contributed by atoms with Gasteiger partial charge in [0, 0.05) is 43.2 Å². The highest BCUT2D eigenvalue weighted by Gasteiger charge is 2.13. The normalized spacial score (nSPS) is 16.6. The van der Waals surface area contributed by atoms with Gasteiger partial charge in [0.15, 0.2) is 0 Å². The Balaban J connectivity index is 1.57. The third kappa shape index (κ3) is 3.97. The lowest BCUT2D eigenvalue weighted by atomic mass is 10.2. The molecule has 0 bridgehead atoms. The smallest absolute Gasteiger partial charge is 0.0491 e. The summed E-state index contributed by atoms with van der Waals surface area (Å²) in [4.78, 5) is 2.35. The lowest BCUT2D eigenvalue weighted by Crippen LogP contribution is -2.46. The quantitative estimate of drug-likeness (QED) is 0.902. The second-order valence-corrected chi connectivity index (χ2v) is 5.47. The van der Waals surface area contributed by atoms with Gasteiger partial charge in [-0.05, 0) is 43.4 Å². The molecule has 1 saturated heterocycles. The molecular formula is C17H22N4. The van der Waals surface area contributed by atoms with Gasteiger partial charge in [-0.25, -0.2) is 5.01 Å². The van der Waals surface area contributed by atoms with Crippen LogP contribution in [0.2, 0.25) is 0 Å². The van der Waals surface area contributed by atoms with Crippen LogP contribution in [0.25, 0.3) is 0 Å². The Morgan fingerprint density at radius 2 is 1.29 bits per heavy atom. The van der Waals surface area contributed by atoms with Crippen LogP contribution in [0.3, 0.4) is 0 Å². The minimum atomic E-state index is 1.06. The average molecular weight is 282 g/mol. The second kappa shape index (κ2) is 6.61. The predicted octanol–water partition coefficient (Wildman–Crippen LogP) is 3.00. The van der Waals surface area contributed by atoms with Gasteiger partial charge < -0.3 is 15.6 Å². The summed E-state index contributed by atoms with van der Waals surface area (Å²) in [5.41, 5.74) is 6.82. The van der Waals surface area contributed by atoms with Crippen molar-refractivity contribution in [2.24, 2.45) is 0 Å². The van der Waals surface area contributed by atoms with Crippen LogP contribution < -0.4 is 10.7 Å². The zero-order valence-electron chi connectivity index (χ0n) is 12.4. The standard InChI is InChI=1S/C17H22N4/c1-20-11-13-21(14-12-20)19-17-9-7-16(8-10-17)18-15-5-3-2-4-6-15/h2-10,18-19H,11-14H2,1H3. The van der Waals surface area contributed by atoms with Gasteiger partial charge in [-0.3, -0.25) is 0 Å². The summed E-state index contributed by atoms with van der Waals surface area (Å²) < 4.78 is 0. The van der Waals surface area contributed by atoms with Crippen molar-refractivity contribution < 1.29 is 0 Å². The maximum Gasteiger partial charge on any atom is 0.0491 e. The van der Waals surface area contributed by atoms with E-state index in [4.69, 9.17) is 0 Å². The summed E-state index contributed by atoms with van der Waals surface area (Å²) in [7, 11) is 2.17. The third-order valence-electron chi connectivity index (χ3n) is 3.74. The van der Waals surface area contributed by atoms with E-state index in [2.05, 4.69) is 64.1 Å². The molecule has 0 spiro atoms. The van der Waals surface area contributed by atoms with Crippen molar-refractivity contribution in [3.63, 3.8) is 0 Å². The first-order valence-electron chi connectivity index (χ1n) is 7.42. The summed E-state index contributed by atoms with van der Waals surface area (Å²) in [6.07, 6.45) is 0. The Hall–Kier alpha value is -2.04. The van der Waals surface area contributed by atoms with Crippen molar-refractivity contribution in [1.82, 2.24) is 9.91 Å². The van der Waals surface area contributed by atoms with Crippen molar-refractivity contribution in [2.75, 3.05) is 44.0 Å². The van der Waals surface area contributed by atoms with Gasteiger partial charge in [-0.2, -0.15) is 0 Å². The van der Waals surface area contributed by atoms with Crippen molar-refractivity contribution in [2.45, 2.75) is 0 Å². The van der Waals surface area contributed by atoms with Crippen LogP contribution in [0.5, 0.6) is 0 Å². The Kier molecular flexibility index (Phi) is 4.38. The molecule has 0 aliphatic carbocycles. The molecule has 2 aromatic rings. The number of benzene rings is 2. The van der Waals surface area contributed by atoms with Crippen LogP contribution in [0.4, 0.5) is 17.1 Å². The lowest BCUT2D eigenvalue weighted by Gasteiger charge is -2.33. The molecule has 110 valence electrons. The van der Waals surface area contributed by atoms with E-state index >= 15 is 0 Å². The highest BCUT2D eigenvalue weighted by molar-refractivity contribution is 5.62. The van der Waals surface area contributed by atoms with E-state index in [0.29, 0.717) is 0 Å². The zero-order valence-corrected chi connectivity index (χ0v) is 12.4. The SMILES string of the molecule is CN1CCN(Nc2ccc(Nc3ccccc3)cc2)CC1. The van der Waals surface area contributed by atoms with Crippen LogP contribution in [0, 0.1) is 0 Å². The van der Waals surface area contributed by atoms with Crippen LogP contribution in [-0.4, -0.2) is 43.1 Å². The minimum Gasteiger partial charge on any atom is -0.356 e. The Labute approximate surface area is 126 Å². The second-order valence-electron chi connectivity index (χ2n) is 5.47. The van der Waals surface area contributed by atoms with Crippen LogP contribution in [-0.2, 0) is 0 Å². The molecule has 0 atom stereocenters. The van der Waals surface area contributed by atoms with Gasteiger partial charge >= 0.3 is 0 Å². The molecule has 0 aromatic heterocycles. The van der Waals surface area contributed by atoms with E-state index in [-0.39, 0.29) is 0 Å². The largest absolute Gasteiger partial charge is 0.356 e. The molecule has 4 heteroatoms. The van der Waals surface area contributed by atoms with Crippen molar-refractivity contribution >= 4 is 17.1 Å². The average Bonchev–Trinajstić information content (AvgIpc) is 2.53. The molecule has 1 aliphatic heterocycles. The minimum absolute atomic E-state index is 1.06. The lowest BCUT2D eigenvalue weighted by molar-refractivity contribution is 0.179. The van der Waals surface area contributed by atoms with Crippen LogP contribution in [0.15, 0.2) is 54.6 Å². The Morgan fingerprint density at radius 3 is 1.95 bits per heavy atom. The number of rotatable bonds is 4. The Morgan fingerprint density at radius 1 is 0.714 bits per heavy atom. The van der Waals surface area contributed by atoms with E-state index < -0.39 is 0 Å². The first-order valence-corrected chi connectivity index (χ1v) is 7.42. The summed E-state index contributed by atoms with van der Waals surface area (Å²) in [5, 5.41) is 5.67. The maximum atomic E-state index is 3.47. The van der Waals surface area contributed by atoms with Gasteiger partial charge in [0.2, 0.25) is 0 Å². The van der Waals surface area contributed by atoms with Gasteiger partial charge in [-0.1, -0.05) is 18.2 Å². The van der Waals surface area contributed by atoms with Gasteiger partial charge in [0.05, 0.1) is 0 Å².